The molecule has 2 aliphatic carbocycles. The Balaban J connectivity index is 1.69. The quantitative estimate of drug-likeness (QED) is 0.363. The third kappa shape index (κ3) is 6.26. The maximum absolute atomic E-state index is 12.0. The molecule has 30 heavy (non-hydrogen) atoms. The lowest BCUT2D eigenvalue weighted by Crippen LogP contribution is -2.41. The fourth-order valence-electron chi connectivity index (χ4n) is 3.70. The van der Waals surface area contributed by atoms with E-state index in [4.69, 9.17) is 21.3 Å². The van der Waals surface area contributed by atoms with Gasteiger partial charge in [0.1, 0.15) is 5.75 Å². The molecule has 0 spiro atoms. The van der Waals surface area contributed by atoms with Crippen LogP contribution in [0.5, 0.6) is 5.75 Å². The number of likely N-dealkylation sites (N-methyl/N-ethyl adjacent to an activating group) is 1. The Bertz CT molecular complexity index is 754. The van der Waals surface area contributed by atoms with Crippen LogP contribution < -0.4 is 26.9 Å². The molecule has 2 amide bonds. The number of nitrogens with zero attached hydrogens (tertiary/aromatic N) is 2. The molecular formula is C22H36N6O2. The van der Waals surface area contributed by atoms with Crippen molar-refractivity contribution in [3.8, 4) is 5.75 Å². The maximum atomic E-state index is 12.0. The van der Waals surface area contributed by atoms with Crippen molar-refractivity contribution in [2.45, 2.75) is 64.4 Å². The molecule has 166 valence electrons. The summed E-state index contributed by atoms with van der Waals surface area (Å²) in [6.07, 6.45) is 9.34. The van der Waals surface area contributed by atoms with E-state index in [9.17, 15) is 4.79 Å². The first-order valence-electron chi connectivity index (χ1n) is 11.1. The van der Waals surface area contributed by atoms with E-state index >= 15 is 0 Å². The molecule has 0 unspecified atom stereocenters. The van der Waals surface area contributed by atoms with Crippen LogP contribution in [0, 0.1) is 5.92 Å². The van der Waals surface area contributed by atoms with E-state index in [1.807, 2.05) is 12.1 Å². The molecule has 3 rings (SSSR count). The molecule has 0 saturated heterocycles. The molecule has 6 N–H and O–H groups in total. The topological polar surface area (TPSA) is 119 Å². The number of carbonyl (C=O) groups is 1. The summed E-state index contributed by atoms with van der Waals surface area (Å²) in [6, 6.07) is 3.60. The van der Waals surface area contributed by atoms with Gasteiger partial charge in [-0.25, -0.2) is 15.6 Å². The van der Waals surface area contributed by atoms with Gasteiger partial charge in [0, 0.05) is 13.6 Å². The number of ether oxygens (including phenoxy) is 1. The molecule has 2 aliphatic rings. The Morgan fingerprint density at radius 3 is 2.57 bits per heavy atom. The molecule has 0 bridgehead atoms. The Kier molecular flexibility index (Phi) is 7.79. The van der Waals surface area contributed by atoms with Gasteiger partial charge in [0.25, 0.3) is 0 Å². The minimum Gasteiger partial charge on any atom is -0.489 e. The minimum absolute atomic E-state index is 0.215. The van der Waals surface area contributed by atoms with E-state index in [0.29, 0.717) is 29.6 Å². The fourth-order valence-corrected chi connectivity index (χ4v) is 3.70. The summed E-state index contributed by atoms with van der Waals surface area (Å²) in [6.45, 7) is 2.99. The second-order valence-corrected chi connectivity index (χ2v) is 8.35. The van der Waals surface area contributed by atoms with Crippen LogP contribution in [0.25, 0.3) is 5.70 Å². The predicted molar refractivity (Wildman–Crippen MR) is 118 cm³/mol. The molecule has 2 fully saturated rings. The highest BCUT2D eigenvalue weighted by atomic mass is 16.5. The monoisotopic (exact) mass is 416 g/mol. The Labute approximate surface area is 179 Å². The zero-order chi connectivity index (χ0) is 21.5. The van der Waals surface area contributed by atoms with Crippen LogP contribution in [0.15, 0.2) is 17.8 Å². The number of aromatic nitrogens is 1. The van der Waals surface area contributed by atoms with E-state index < -0.39 is 0 Å². The fraction of sp³-hybridized carbons (Fsp3) is 0.636. The summed E-state index contributed by atoms with van der Waals surface area (Å²) in [7, 11) is 1.70. The number of hydrogen-bond acceptors (Lipinski definition) is 6. The van der Waals surface area contributed by atoms with Crippen molar-refractivity contribution in [1.82, 2.24) is 20.6 Å². The van der Waals surface area contributed by atoms with Crippen molar-refractivity contribution in [3.05, 3.63) is 29.2 Å². The van der Waals surface area contributed by atoms with Crippen LogP contribution in [0.1, 0.15) is 63.3 Å². The summed E-state index contributed by atoms with van der Waals surface area (Å²) in [5.41, 5.74) is 8.97. The van der Waals surface area contributed by atoms with Crippen molar-refractivity contribution in [2.24, 2.45) is 17.5 Å². The number of hydrogen-bond donors (Lipinski definition) is 4. The molecule has 8 nitrogen and oxygen atoms in total. The summed E-state index contributed by atoms with van der Waals surface area (Å²) >= 11 is 0. The average Bonchev–Trinajstić information content (AvgIpc) is 3.57. The SMILES string of the molecule is CCc1nc(/C(N)=C(\CNC(=O)NCC2CC2)N(C)N)ccc1OC1CCCCC1. The third-order valence-electron chi connectivity index (χ3n) is 5.79. The van der Waals surface area contributed by atoms with E-state index in [0.717, 1.165) is 30.7 Å². The number of pyridine rings is 1. The summed E-state index contributed by atoms with van der Waals surface area (Å²) in [5.74, 6) is 7.45. The molecule has 0 aliphatic heterocycles. The number of carbonyl (C=O) groups excluding carboxylic acids is 1. The molecule has 2 saturated carbocycles. The highest BCUT2D eigenvalue weighted by Crippen LogP contribution is 2.28. The maximum Gasteiger partial charge on any atom is 0.315 e. The lowest BCUT2D eigenvalue weighted by molar-refractivity contribution is 0.153. The normalized spacial score (nSPS) is 17.8. The van der Waals surface area contributed by atoms with Gasteiger partial charge in [-0.15, -0.1) is 0 Å². The number of urea groups is 1. The number of nitrogens with two attached hydrogens (primary N) is 2. The molecule has 8 heteroatoms. The summed E-state index contributed by atoms with van der Waals surface area (Å²) < 4.78 is 6.23. The van der Waals surface area contributed by atoms with Crippen LogP contribution in [0.4, 0.5) is 4.79 Å². The first kappa shape index (κ1) is 22.2. The lowest BCUT2D eigenvalue weighted by atomic mass is 9.98. The number of hydrazine groups is 1. The minimum atomic E-state index is -0.215. The van der Waals surface area contributed by atoms with Crippen LogP contribution >= 0.6 is 0 Å². The predicted octanol–water partition coefficient (Wildman–Crippen LogP) is 2.50. The van der Waals surface area contributed by atoms with Gasteiger partial charge < -0.3 is 26.1 Å². The smallest absolute Gasteiger partial charge is 0.315 e. The molecule has 0 radical (unpaired) electrons. The molecular weight excluding hydrogens is 380 g/mol. The first-order valence-corrected chi connectivity index (χ1v) is 11.1. The number of nitrogens with one attached hydrogen (secondary N) is 2. The Morgan fingerprint density at radius 1 is 1.20 bits per heavy atom. The third-order valence-corrected chi connectivity index (χ3v) is 5.79. The van der Waals surface area contributed by atoms with Gasteiger partial charge in [-0.05, 0) is 63.0 Å². The largest absolute Gasteiger partial charge is 0.489 e. The van der Waals surface area contributed by atoms with Gasteiger partial charge in [-0.1, -0.05) is 13.3 Å². The van der Waals surface area contributed by atoms with Gasteiger partial charge in [-0.3, -0.25) is 0 Å². The van der Waals surface area contributed by atoms with Crippen molar-refractivity contribution >= 4 is 11.7 Å². The lowest BCUT2D eigenvalue weighted by Gasteiger charge is -2.24. The van der Waals surface area contributed by atoms with Crippen LogP contribution in [-0.2, 0) is 6.42 Å². The van der Waals surface area contributed by atoms with Crippen molar-refractivity contribution in [1.29, 1.82) is 0 Å². The van der Waals surface area contributed by atoms with Crippen molar-refractivity contribution < 1.29 is 9.53 Å². The summed E-state index contributed by atoms with van der Waals surface area (Å²) in [5, 5.41) is 7.13. The van der Waals surface area contributed by atoms with E-state index in [-0.39, 0.29) is 18.7 Å². The number of aryl methyl sites for hydroxylation is 1. The van der Waals surface area contributed by atoms with Gasteiger partial charge in [0.2, 0.25) is 0 Å². The van der Waals surface area contributed by atoms with E-state index in [1.54, 1.807) is 7.05 Å². The first-order chi connectivity index (χ1) is 14.5. The average molecular weight is 417 g/mol. The van der Waals surface area contributed by atoms with Gasteiger partial charge in [-0.2, -0.15) is 0 Å². The Hall–Kier alpha value is -2.48. The van der Waals surface area contributed by atoms with Crippen LogP contribution in [0.3, 0.4) is 0 Å². The number of rotatable bonds is 9. The second kappa shape index (κ2) is 10.5. The second-order valence-electron chi connectivity index (χ2n) is 8.35. The number of amides is 2. The molecule has 0 aromatic carbocycles. The van der Waals surface area contributed by atoms with E-state index in [2.05, 4.69) is 17.6 Å². The van der Waals surface area contributed by atoms with Gasteiger partial charge in [0.05, 0.1) is 35.4 Å². The highest BCUT2D eigenvalue weighted by Gasteiger charge is 2.22. The van der Waals surface area contributed by atoms with E-state index in [1.165, 1.54) is 37.1 Å². The molecule has 1 aromatic heterocycles. The Morgan fingerprint density at radius 2 is 1.93 bits per heavy atom. The zero-order valence-corrected chi connectivity index (χ0v) is 18.2. The highest BCUT2D eigenvalue weighted by molar-refractivity contribution is 5.75. The molecule has 1 heterocycles. The molecule has 0 atom stereocenters. The van der Waals surface area contributed by atoms with Crippen molar-refractivity contribution in [2.75, 3.05) is 20.1 Å². The molecule has 1 aromatic rings. The van der Waals surface area contributed by atoms with Crippen LogP contribution in [0.2, 0.25) is 0 Å². The van der Waals surface area contributed by atoms with Crippen LogP contribution in [-0.4, -0.2) is 42.3 Å². The standard InChI is InChI=1S/C22H36N6O2/c1-3-17-20(30-16-7-5-4-6-8-16)12-11-18(27-17)21(23)19(28(2)24)14-26-22(29)25-13-15-9-10-15/h11-12,15-16H,3-10,13-14,23-24H2,1-2H3,(H2,25,26,29)/b21-19-. The van der Waals surface area contributed by atoms with Gasteiger partial charge >= 0.3 is 6.03 Å². The summed E-state index contributed by atoms with van der Waals surface area (Å²) in [4.78, 5) is 16.8. The zero-order valence-electron chi connectivity index (χ0n) is 18.2. The van der Waals surface area contributed by atoms with Gasteiger partial charge in [0.15, 0.2) is 0 Å². The van der Waals surface area contributed by atoms with Crippen molar-refractivity contribution in [3.63, 3.8) is 0 Å².